The summed E-state index contributed by atoms with van der Waals surface area (Å²) < 4.78 is 38.3. The molecular weight excluding hydrogens is 466 g/mol. The second-order valence-corrected chi connectivity index (χ2v) is 10.1. The van der Waals surface area contributed by atoms with Gasteiger partial charge in [-0.05, 0) is 38.1 Å². The van der Waals surface area contributed by atoms with Gasteiger partial charge in [-0.25, -0.2) is 8.42 Å². The van der Waals surface area contributed by atoms with Crippen molar-refractivity contribution in [3.8, 4) is 5.75 Å². The number of rotatable bonds is 6. The molecule has 1 fully saturated rings. The van der Waals surface area contributed by atoms with Crippen molar-refractivity contribution in [1.29, 1.82) is 0 Å². The fraction of sp³-hybridized carbons (Fsp3) is 0.304. The summed E-state index contributed by atoms with van der Waals surface area (Å²) in [4.78, 5) is 15.0. The van der Waals surface area contributed by atoms with E-state index >= 15 is 0 Å². The van der Waals surface area contributed by atoms with Crippen LogP contribution >= 0.6 is 11.6 Å². The van der Waals surface area contributed by atoms with Crippen LogP contribution in [0.2, 0.25) is 5.02 Å². The number of hydrogen-bond acceptors (Lipinski definition) is 6. The smallest absolute Gasteiger partial charge is 0.276 e. The summed E-state index contributed by atoms with van der Waals surface area (Å²) in [7, 11) is -3.61. The Balaban J connectivity index is 1.43. The first-order valence-electron chi connectivity index (χ1n) is 10.5. The van der Waals surface area contributed by atoms with E-state index in [9.17, 15) is 13.2 Å². The molecule has 8 nitrogen and oxygen atoms in total. The van der Waals surface area contributed by atoms with Crippen molar-refractivity contribution in [3.63, 3.8) is 0 Å². The molecule has 0 atom stereocenters. The molecule has 0 unspecified atom stereocenters. The van der Waals surface area contributed by atoms with E-state index in [1.165, 1.54) is 4.31 Å². The Labute approximate surface area is 197 Å². The van der Waals surface area contributed by atoms with Gasteiger partial charge >= 0.3 is 0 Å². The number of ether oxygens (including phenoxy) is 1. The van der Waals surface area contributed by atoms with Crippen LogP contribution in [0.1, 0.15) is 27.4 Å². The lowest BCUT2D eigenvalue weighted by molar-refractivity contribution is 0.0685. The molecule has 0 N–H and O–H groups in total. The fourth-order valence-corrected chi connectivity index (χ4v) is 5.19. The number of aryl methyl sites for hydroxylation is 2. The molecule has 1 aromatic heterocycles. The minimum Gasteiger partial charge on any atom is -0.487 e. The summed E-state index contributed by atoms with van der Waals surface area (Å²) in [5.41, 5.74) is 1.69. The maximum absolute atomic E-state index is 13.1. The Morgan fingerprint density at radius 2 is 1.73 bits per heavy atom. The van der Waals surface area contributed by atoms with Crippen LogP contribution < -0.4 is 4.74 Å². The SMILES string of the molecule is Cc1ccc(S(=O)(=O)N2CCN(C(=O)c3noc(C)c3COc3ccccc3Cl)CC2)cc1. The summed E-state index contributed by atoms with van der Waals surface area (Å²) in [6, 6.07) is 13.8. The lowest BCUT2D eigenvalue weighted by atomic mass is 10.1. The first-order chi connectivity index (χ1) is 15.8. The molecular formula is C23H24ClN3O5S. The van der Waals surface area contributed by atoms with Gasteiger partial charge in [-0.2, -0.15) is 4.31 Å². The number of carbonyl (C=O) groups is 1. The molecule has 0 spiro atoms. The molecule has 33 heavy (non-hydrogen) atoms. The fourth-order valence-electron chi connectivity index (χ4n) is 3.58. The van der Waals surface area contributed by atoms with E-state index in [0.29, 0.717) is 22.1 Å². The highest BCUT2D eigenvalue weighted by atomic mass is 35.5. The van der Waals surface area contributed by atoms with Crippen LogP contribution in [-0.2, 0) is 16.6 Å². The Kier molecular flexibility index (Phi) is 6.73. The van der Waals surface area contributed by atoms with E-state index in [1.807, 2.05) is 6.92 Å². The lowest BCUT2D eigenvalue weighted by Crippen LogP contribution is -2.50. The first kappa shape index (κ1) is 23.3. The molecule has 2 heterocycles. The van der Waals surface area contributed by atoms with Gasteiger partial charge in [-0.15, -0.1) is 0 Å². The van der Waals surface area contributed by atoms with Gasteiger partial charge in [0.05, 0.1) is 15.5 Å². The molecule has 4 rings (SSSR count). The van der Waals surface area contributed by atoms with Gasteiger partial charge in [0, 0.05) is 26.2 Å². The zero-order valence-electron chi connectivity index (χ0n) is 18.3. The van der Waals surface area contributed by atoms with Crippen molar-refractivity contribution in [3.05, 3.63) is 76.1 Å². The Morgan fingerprint density at radius 1 is 1.06 bits per heavy atom. The van der Waals surface area contributed by atoms with Crippen molar-refractivity contribution in [2.75, 3.05) is 26.2 Å². The molecule has 0 radical (unpaired) electrons. The lowest BCUT2D eigenvalue weighted by Gasteiger charge is -2.33. The van der Waals surface area contributed by atoms with Crippen LogP contribution in [0.5, 0.6) is 5.75 Å². The predicted octanol–water partition coefficient (Wildman–Crippen LogP) is 3.67. The molecule has 2 aromatic carbocycles. The van der Waals surface area contributed by atoms with E-state index in [1.54, 1.807) is 60.4 Å². The van der Waals surface area contributed by atoms with Gasteiger partial charge in [-0.1, -0.05) is 46.6 Å². The summed E-state index contributed by atoms with van der Waals surface area (Å²) in [6.45, 7) is 4.58. The summed E-state index contributed by atoms with van der Waals surface area (Å²) >= 11 is 6.14. The summed E-state index contributed by atoms with van der Waals surface area (Å²) in [5, 5.41) is 4.40. The highest BCUT2D eigenvalue weighted by Crippen LogP contribution is 2.26. The van der Waals surface area contributed by atoms with Crippen LogP contribution in [0.15, 0.2) is 57.9 Å². The summed E-state index contributed by atoms with van der Waals surface area (Å²) in [5.74, 6) is 0.649. The number of para-hydroxylation sites is 1. The molecule has 1 saturated heterocycles. The van der Waals surface area contributed by atoms with Gasteiger partial charge in [-0.3, -0.25) is 4.79 Å². The Bertz CT molecular complexity index is 1250. The maximum atomic E-state index is 13.1. The number of benzene rings is 2. The zero-order valence-corrected chi connectivity index (χ0v) is 19.9. The molecule has 3 aromatic rings. The van der Waals surface area contributed by atoms with E-state index in [-0.39, 0.29) is 49.3 Å². The topological polar surface area (TPSA) is 93.0 Å². The van der Waals surface area contributed by atoms with E-state index in [0.717, 1.165) is 5.56 Å². The van der Waals surface area contributed by atoms with E-state index < -0.39 is 10.0 Å². The van der Waals surface area contributed by atoms with Crippen LogP contribution in [0, 0.1) is 13.8 Å². The van der Waals surface area contributed by atoms with Gasteiger partial charge in [0.15, 0.2) is 5.69 Å². The van der Waals surface area contributed by atoms with Gasteiger partial charge in [0.2, 0.25) is 10.0 Å². The monoisotopic (exact) mass is 489 g/mol. The molecule has 174 valence electrons. The average molecular weight is 490 g/mol. The van der Waals surface area contributed by atoms with Crippen molar-refractivity contribution in [2.45, 2.75) is 25.3 Å². The van der Waals surface area contributed by atoms with E-state index in [2.05, 4.69) is 5.16 Å². The molecule has 1 aliphatic heterocycles. The third kappa shape index (κ3) is 4.90. The number of carbonyl (C=O) groups excluding carboxylic acids is 1. The van der Waals surface area contributed by atoms with Crippen molar-refractivity contribution in [2.24, 2.45) is 0 Å². The number of hydrogen-bond donors (Lipinski definition) is 0. The second-order valence-electron chi connectivity index (χ2n) is 7.79. The van der Waals surface area contributed by atoms with Crippen LogP contribution in [0.25, 0.3) is 0 Å². The van der Waals surface area contributed by atoms with Crippen molar-refractivity contribution >= 4 is 27.5 Å². The zero-order chi connectivity index (χ0) is 23.6. The molecule has 1 amide bonds. The van der Waals surface area contributed by atoms with Gasteiger partial charge in [0.1, 0.15) is 18.1 Å². The molecule has 0 bridgehead atoms. The normalized spacial score (nSPS) is 14.9. The number of sulfonamides is 1. The third-order valence-corrected chi connectivity index (χ3v) is 7.81. The number of halogens is 1. The quantitative estimate of drug-likeness (QED) is 0.524. The van der Waals surface area contributed by atoms with Crippen LogP contribution in [0.3, 0.4) is 0 Å². The number of piperazine rings is 1. The van der Waals surface area contributed by atoms with Gasteiger partial charge < -0.3 is 14.2 Å². The highest BCUT2D eigenvalue weighted by Gasteiger charge is 2.32. The second kappa shape index (κ2) is 9.54. The van der Waals surface area contributed by atoms with Gasteiger partial charge in [0.25, 0.3) is 5.91 Å². The molecule has 10 heteroatoms. The Hall–Kier alpha value is -2.88. The number of nitrogens with zero attached hydrogens (tertiary/aromatic N) is 3. The predicted molar refractivity (Wildman–Crippen MR) is 123 cm³/mol. The molecule has 0 saturated carbocycles. The maximum Gasteiger partial charge on any atom is 0.276 e. The molecule has 0 aliphatic carbocycles. The van der Waals surface area contributed by atoms with E-state index in [4.69, 9.17) is 20.9 Å². The standard InChI is InChI=1S/C23H24ClN3O5S/c1-16-7-9-18(10-8-16)33(29,30)27-13-11-26(12-14-27)23(28)22-19(17(2)32-25-22)15-31-21-6-4-3-5-20(21)24/h3-10H,11-15H2,1-2H3. The minimum absolute atomic E-state index is 0.0713. The van der Waals surface area contributed by atoms with Crippen LogP contribution in [-0.4, -0.2) is 54.9 Å². The average Bonchev–Trinajstić information content (AvgIpc) is 3.18. The van der Waals surface area contributed by atoms with Crippen LogP contribution in [0.4, 0.5) is 0 Å². The highest BCUT2D eigenvalue weighted by molar-refractivity contribution is 7.89. The van der Waals surface area contributed by atoms with Crippen molar-refractivity contribution in [1.82, 2.24) is 14.4 Å². The summed E-state index contributed by atoms with van der Waals surface area (Å²) in [6.07, 6.45) is 0. The first-order valence-corrected chi connectivity index (χ1v) is 12.3. The van der Waals surface area contributed by atoms with Crippen molar-refractivity contribution < 1.29 is 22.5 Å². The third-order valence-electron chi connectivity index (χ3n) is 5.58. The Morgan fingerprint density at radius 3 is 2.39 bits per heavy atom. The minimum atomic E-state index is -3.61. The number of aromatic nitrogens is 1. The molecule has 1 aliphatic rings. The largest absolute Gasteiger partial charge is 0.487 e. The number of amides is 1.